The van der Waals surface area contributed by atoms with Gasteiger partial charge in [0.15, 0.2) is 11.5 Å². The highest BCUT2D eigenvalue weighted by Gasteiger charge is 2.21. The fourth-order valence-corrected chi connectivity index (χ4v) is 3.83. The fourth-order valence-electron chi connectivity index (χ4n) is 3.70. The molecule has 2 aromatic carbocycles. The Hall–Kier alpha value is -2.44. The number of likely N-dealkylation sites (tertiary alicyclic amines) is 1. The molecule has 0 radical (unpaired) electrons. The zero-order chi connectivity index (χ0) is 20.1. The maximum atomic E-state index is 12.3. The van der Waals surface area contributed by atoms with Gasteiger partial charge in [0.2, 0.25) is 0 Å². The number of rotatable bonds is 5. The summed E-state index contributed by atoms with van der Waals surface area (Å²) in [6, 6.07) is 13.8. The van der Waals surface area contributed by atoms with Gasteiger partial charge in [-0.2, -0.15) is 0 Å². The highest BCUT2D eigenvalue weighted by Crippen LogP contribution is 2.30. The first kappa shape index (κ1) is 19.9. The van der Waals surface area contributed by atoms with E-state index in [0.29, 0.717) is 19.8 Å². The van der Waals surface area contributed by atoms with Crippen molar-refractivity contribution in [2.45, 2.75) is 32.0 Å². The summed E-state index contributed by atoms with van der Waals surface area (Å²) < 4.78 is 11.1. The van der Waals surface area contributed by atoms with Crippen molar-refractivity contribution in [3.05, 3.63) is 58.6 Å². The van der Waals surface area contributed by atoms with Crippen LogP contribution in [0.25, 0.3) is 0 Å². The molecule has 2 heterocycles. The normalized spacial score (nSPS) is 17.0. The van der Waals surface area contributed by atoms with E-state index >= 15 is 0 Å². The third-order valence-electron chi connectivity index (χ3n) is 5.30. The van der Waals surface area contributed by atoms with Crippen LogP contribution in [0, 0.1) is 0 Å². The number of carbonyl (C=O) groups is 1. The Morgan fingerprint density at radius 2 is 1.69 bits per heavy atom. The Bertz CT molecular complexity index is 836. The number of hydrogen-bond acceptors (Lipinski definition) is 4. The van der Waals surface area contributed by atoms with Crippen LogP contribution >= 0.6 is 11.6 Å². The van der Waals surface area contributed by atoms with Crippen molar-refractivity contribution in [2.75, 3.05) is 26.3 Å². The minimum Gasteiger partial charge on any atom is -0.486 e. The molecule has 0 aromatic heterocycles. The average Bonchev–Trinajstić information content (AvgIpc) is 2.75. The Balaban J connectivity index is 1.18. The number of carbonyl (C=O) groups excluding carboxylic acids is 1. The third-order valence-corrected chi connectivity index (χ3v) is 5.55. The number of halogens is 1. The minimum atomic E-state index is -0.129. The molecular formula is C22H26ClN3O3. The first-order valence-corrected chi connectivity index (χ1v) is 10.4. The molecule has 1 fully saturated rings. The molecule has 1 saturated heterocycles. The summed E-state index contributed by atoms with van der Waals surface area (Å²) in [4.78, 5) is 14.7. The van der Waals surface area contributed by atoms with Crippen molar-refractivity contribution >= 4 is 17.6 Å². The molecule has 154 valence electrons. The second-order valence-electron chi connectivity index (χ2n) is 7.48. The Morgan fingerprint density at radius 3 is 2.45 bits per heavy atom. The summed E-state index contributed by atoms with van der Waals surface area (Å²) in [6.45, 7) is 4.44. The molecule has 2 amide bonds. The van der Waals surface area contributed by atoms with Gasteiger partial charge in [-0.05, 0) is 48.2 Å². The standard InChI is InChI=1S/C22H26ClN3O3/c23-18-4-1-16(2-5-18)15-26-9-7-19(8-10-26)25-22(27)24-14-17-3-6-20-21(13-17)29-12-11-28-20/h1-6,13,19H,7-12,14-15H2,(H2,24,25,27). The van der Waals surface area contributed by atoms with E-state index < -0.39 is 0 Å². The van der Waals surface area contributed by atoms with Gasteiger partial charge >= 0.3 is 6.03 Å². The molecule has 2 N–H and O–H groups in total. The molecule has 0 spiro atoms. The van der Waals surface area contributed by atoms with Crippen molar-refractivity contribution in [2.24, 2.45) is 0 Å². The van der Waals surface area contributed by atoms with Gasteiger partial charge in [0.1, 0.15) is 13.2 Å². The maximum absolute atomic E-state index is 12.3. The van der Waals surface area contributed by atoms with E-state index in [4.69, 9.17) is 21.1 Å². The summed E-state index contributed by atoms with van der Waals surface area (Å²) >= 11 is 5.95. The van der Waals surface area contributed by atoms with Crippen LogP contribution < -0.4 is 20.1 Å². The van der Waals surface area contributed by atoms with Crippen LogP contribution in [0.4, 0.5) is 4.79 Å². The maximum Gasteiger partial charge on any atom is 0.315 e. The van der Waals surface area contributed by atoms with Gasteiger partial charge in [-0.15, -0.1) is 0 Å². The number of nitrogens with one attached hydrogen (secondary N) is 2. The molecule has 2 aliphatic heterocycles. The first-order valence-electron chi connectivity index (χ1n) is 10.1. The summed E-state index contributed by atoms with van der Waals surface area (Å²) in [6.07, 6.45) is 1.90. The van der Waals surface area contributed by atoms with Gasteiger partial charge in [-0.25, -0.2) is 4.79 Å². The van der Waals surface area contributed by atoms with E-state index in [0.717, 1.165) is 54.6 Å². The monoisotopic (exact) mass is 415 g/mol. The summed E-state index contributed by atoms with van der Waals surface area (Å²) in [7, 11) is 0. The van der Waals surface area contributed by atoms with E-state index in [-0.39, 0.29) is 12.1 Å². The van der Waals surface area contributed by atoms with E-state index in [1.54, 1.807) is 0 Å². The average molecular weight is 416 g/mol. The van der Waals surface area contributed by atoms with Crippen molar-refractivity contribution in [3.8, 4) is 11.5 Å². The zero-order valence-corrected chi connectivity index (χ0v) is 17.1. The minimum absolute atomic E-state index is 0.129. The van der Waals surface area contributed by atoms with E-state index in [1.807, 2.05) is 30.3 Å². The van der Waals surface area contributed by atoms with Gasteiger partial charge in [0.25, 0.3) is 0 Å². The molecule has 0 atom stereocenters. The van der Waals surface area contributed by atoms with Gasteiger partial charge in [0.05, 0.1) is 0 Å². The largest absolute Gasteiger partial charge is 0.486 e. The number of fused-ring (bicyclic) bond motifs is 1. The number of piperidine rings is 1. The van der Waals surface area contributed by atoms with Crippen LogP contribution in [0.15, 0.2) is 42.5 Å². The Morgan fingerprint density at radius 1 is 1.00 bits per heavy atom. The lowest BCUT2D eigenvalue weighted by molar-refractivity contribution is 0.171. The molecule has 29 heavy (non-hydrogen) atoms. The van der Waals surface area contributed by atoms with Crippen molar-refractivity contribution in [3.63, 3.8) is 0 Å². The Labute approximate surface area is 176 Å². The lowest BCUT2D eigenvalue weighted by Gasteiger charge is -2.32. The number of nitrogens with zero attached hydrogens (tertiary/aromatic N) is 1. The molecule has 2 aliphatic rings. The topological polar surface area (TPSA) is 62.8 Å². The second-order valence-corrected chi connectivity index (χ2v) is 7.92. The number of amides is 2. The van der Waals surface area contributed by atoms with Crippen LogP contribution in [0.2, 0.25) is 5.02 Å². The third kappa shape index (κ3) is 5.55. The summed E-state index contributed by atoms with van der Waals surface area (Å²) in [5, 5.41) is 6.79. The number of benzene rings is 2. The summed E-state index contributed by atoms with van der Waals surface area (Å²) in [5.41, 5.74) is 2.25. The first-order chi connectivity index (χ1) is 14.2. The van der Waals surface area contributed by atoms with Gasteiger partial charge < -0.3 is 20.1 Å². The van der Waals surface area contributed by atoms with E-state index in [2.05, 4.69) is 27.7 Å². The zero-order valence-electron chi connectivity index (χ0n) is 16.3. The smallest absolute Gasteiger partial charge is 0.315 e. The number of ether oxygens (including phenoxy) is 2. The van der Waals surface area contributed by atoms with Crippen LogP contribution in [0.5, 0.6) is 11.5 Å². The molecule has 7 heteroatoms. The van der Waals surface area contributed by atoms with Crippen molar-refractivity contribution in [1.29, 1.82) is 0 Å². The van der Waals surface area contributed by atoms with Crippen LogP contribution in [0.3, 0.4) is 0 Å². The highest BCUT2D eigenvalue weighted by molar-refractivity contribution is 6.30. The van der Waals surface area contributed by atoms with E-state index in [1.165, 1.54) is 5.56 Å². The SMILES string of the molecule is O=C(NCc1ccc2c(c1)OCCO2)NC1CCN(Cc2ccc(Cl)cc2)CC1. The van der Waals surface area contributed by atoms with Crippen LogP contribution in [-0.4, -0.2) is 43.3 Å². The fraction of sp³-hybridized carbons (Fsp3) is 0.409. The quantitative estimate of drug-likeness (QED) is 0.783. The summed E-state index contributed by atoms with van der Waals surface area (Å²) in [5.74, 6) is 1.50. The highest BCUT2D eigenvalue weighted by atomic mass is 35.5. The van der Waals surface area contributed by atoms with Crippen LogP contribution in [0.1, 0.15) is 24.0 Å². The number of hydrogen-bond donors (Lipinski definition) is 2. The van der Waals surface area contributed by atoms with Crippen LogP contribution in [-0.2, 0) is 13.1 Å². The lowest BCUT2D eigenvalue weighted by Crippen LogP contribution is -2.47. The molecule has 0 bridgehead atoms. The molecule has 0 unspecified atom stereocenters. The second kappa shape index (κ2) is 9.37. The Kier molecular flexibility index (Phi) is 6.42. The van der Waals surface area contributed by atoms with Gasteiger partial charge in [0, 0.05) is 37.2 Å². The van der Waals surface area contributed by atoms with E-state index in [9.17, 15) is 4.79 Å². The molecule has 0 saturated carbocycles. The predicted octanol–water partition coefficient (Wildman–Crippen LogP) is 3.58. The molecule has 4 rings (SSSR count). The van der Waals surface area contributed by atoms with Gasteiger partial charge in [-0.1, -0.05) is 29.8 Å². The molecule has 2 aromatic rings. The van der Waals surface area contributed by atoms with Crippen molar-refractivity contribution in [1.82, 2.24) is 15.5 Å². The van der Waals surface area contributed by atoms with Gasteiger partial charge in [-0.3, -0.25) is 4.90 Å². The molecular weight excluding hydrogens is 390 g/mol. The number of urea groups is 1. The predicted molar refractivity (Wildman–Crippen MR) is 113 cm³/mol. The molecule has 0 aliphatic carbocycles. The molecule has 6 nitrogen and oxygen atoms in total. The lowest BCUT2D eigenvalue weighted by atomic mass is 10.0. The van der Waals surface area contributed by atoms with Crippen molar-refractivity contribution < 1.29 is 14.3 Å².